The van der Waals surface area contributed by atoms with Crippen LogP contribution in [0.25, 0.3) is 11.3 Å². The Kier molecular flexibility index (Phi) is 3.94. The van der Waals surface area contributed by atoms with E-state index in [1.54, 1.807) is 4.90 Å². The van der Waals surface area contributed by atoms with Crippen LogP contribution in [0.3, 0.4) is 0 Å². The van der Waals surface area contributed by atoms with Gasteiger partial charge in [0.1, 0.15) is 22.4 Å². The molecule has 0 fully saturated rings. The SMILES string of the molecule is N#CC1=C(N)N2C(=C(C#N)C1c1ccc(-c3ccccc3)o1)Sc1ccccc12. The van der Waals surface area contributed by atoms with Crippen LogP contribution in [0.15, 0.2) is 98.0 Å². The normalized spacial score (nSPS) is 17.6. The number of para-hydroxylation sites is 1. The van der Waals surface area contributed by atoms with Crippen LogP contribution in [-0.2, 0) is 0 Å². The summed E-state index contributed by atoms with van der Waals surface area (Å²) in [6, 6.07) is 25.7. The number of furan rings is 1. The summed E-state index contributed by atoms with van der Waals surface area (Å²) in [5.74, 6) is 0.921. The molecule has 1 unspecified atom stereocenters. The number of thioether (sulfide) groups is 1. The van der Waals surface area contributed by atoms with E-state index >= 15 is 0 Å². The number of rotatable bonds is 2. The third-order valence-electron chi connectivity index (χ3n) is 5.05. The standard InChI is InChI=1S/C23H14N4OS/c24-12-15-21(19-11-10-18(28-19)14-6-2-1-3-7-14)16(13-25)23-27(22(15)26)17-8-4-5-9-20(17)29-23/h1-11,21H,26H2. The second kappa shape index (κ2) is 6.63. The van der Waals surface area contributed by atoms with Gasteiger partial charge in [0.2, 0.25) is 0 Å². The maximum atomic E-state index is 10.0. The minimum atomic E-state index is -0.629. The second-order valence-electron chi connectivity index (χ2n) is 6.65. The van der Waals surface area contributed by atoms with Crippen molar-refractivity contribution >= 4 is 17.4 Å². The van der Waals surface area contributed by atoms with E-state index in [9.17, 15) is 10.5 Å². The smallest absolute Gasteiger partial charge is 0.134 e. The summed E-state index contributed by atoms with van der Waals surface area (Å²) < 4.78 is 6.09. The van der Waals surface area contributed by atoms with E-state index in [-0.39, 0.29) is 0 Å². The highest BCUT2D eigenvalue weighted by Gasteiger charge is 2.41. The molecule has 5 rings (SSSR count). The van der Waals surface area contributed by atoms with Gasteiger partial charge in [-0.3, -0.25) is 4.90 Å². The van der Waals surface area contributed by atoms with Gasteiger partial charge in [0, 0.05) is 10.5 Å². The first-order chi connectivity index (χ1) is 14.2. The van der Waals surface area contributed by atoms with Crippen molar-refractivity contribution in [1.82, 2.24) is 0 Å². The van der Waals surface area contributed by atoms with Gasteiger partial charge in [-0.1, -0.05) is 54.2 Å². The fourth-order valence-electron chi connectivity index (χ4n) is 3.72. The summed E-state index contributed by atoms with van der Waals surface area (Å²) in [6.45, 7) is 0. The average molecular weight is 394 g/mol. The molecule has 0 radical (unpaired) electrons. The lowest BCUT2D eigenvalue weighted by Crippen LogP contribution is -2.32. The van der Waals surface area contributed by atoms with Gasteiger partial charge in [0.25, 0.3) is 0 Å². The maximum absolute atomic E-state index is 10.0. The fourth-order valence-corrected chi connectivity index (χ4v) is 4.90. The number of anilines is 1. The molecule has 5 nitrogen and oxygen atoms in total. The van der Waals surface area contributed by atoms with E-state index < -0.39 is 5.92 Å². The van der Waals surface area contributed by atoms with Gasteiger partial charge in [-0.2, -0.15) is 10.5 Å². The molecule has 2 N–H and O–H groups in total. The average Bonchev–Trinajstić information content (AvgIpc) is 3.39. The fraction of sp³-hybridized carbons (Fsp3) is 0.0435. The predicted octanol–water partition coefficient (Wildman–Crippen LogP) is 5.09. The molecular weight excluding hydrogens is 380 g/mol. The first-order valence-electron chi connectivity index (χ1n) is 8.99. The predicted molar refractivity (Wildman–Crippen MR) is 111 cm³/mol. The van der Waals surface area contributed by atoms with Crippen molar-refractivity contribution in [2.75, 3.05) is 4.90 Å². The Hall–Kier alpha value is -3.87. The lowest BCUT2D eigenvalue weighted by molar-refractivity contribution is 0.513. The molecule has 0 saturated heterocycles. The van der Waals surface area contributed by atoms with Crippen molar-refractivity contribution in [3.63, 3.8) is 0 Å². The number of allylic oxidation sites excluding steroid dienone is 2. The number of hydrogen-bond donors (Lipinski definition) is 1. The molecule has 3 aromatic rings. The van der Waals surface area contributed by atoms with Crippen LogP contribution in [0, 0.1) is 22.7 Å². The van der Waals surface area contributed by atoms with E-state index in [0.29, 0.717) is 28.5 Å². The van der Waals surface area contributed by atoms with Crippen molar-refractivity contribution < 1.29 is 4.42 Å². The Labute approximate surface area is 172 Å². The summed E-state index contributed by atoms with van der Waals surface area (Å²) in [6.07, 6.45) is 0. The quantitative estimate of drug-likeness (QED) is 0.651. The summed E-state index contributed by atoms with van der Waals surface area (Å²) >= 11 is 1.49. The third-order valence-corrected chi connectivity index (χ3v) is 6.21. The molecule has 2 aromatic carbocycles. The highest BCUT2D eigenvalue weighted by molar-refractivity contribution is 8.03. The maximum Gasteiger partial charge on any atom is 0.134 e. The summed E-state index contributed by atoms with van der Waals surface area (Å²) in [5.41, 5.74) is 9.03. The minimum absolute atomic E-state index is 0.316. The Bertz CT molecular complexity index is 1270. The van der Waals surface area contributed by atoms with Crippen molar-refractivity contribution in [2.45, 2.75) is 10.8 Å². The molecule has 2 aliphatic rings. The van der Waals surface area contributed by atoms with Gasteiger partial charge >= 0.3 is 0 Å². The molecule has 29 heavy (non-hydrogen) atoms. The topological polar surface area (TPSA) is 90.0 Å². The Balaban J connectivity index is 1.67. The molecule has 0 aliphatic carbocycles. The Morgan fingerprint density at radius 3 is 2.38 bits per heavy atom. The van der Waals surface area contributed by atoms with Crippen molar-refractivity contribution in [3.05, 3.63) is 94.5 Å². The van der Waals surface area contributed by atoms with Crippen LogP contribution in [0.5, 0.6) is 0 Å². The highest BCUT2D eigenvalue weighted by atomic mass is 32.2. The molecule has 0 spiro atoms. The van der Waals surface area contributed by atoms with Gasteiger partial charge in [0.15, 0.2) is 0 Å². The van der Waals surface area contributed by atoms with Crippen molar-refractivity contribution in [3.8, 4) is 23.5 Å². The van der Waals surface area contributed by atoms with Crippen LogP contribution in [-0.4, -0.2) is 0 Å². The van der Waals surface area contributed by atoms with Gasteiger partial charge in [0.05, 0.1) is 34.9 Å². The lowest BCUT2D eigenvalue weighted by Gasteiger charge is -2.30. The van der Waals surface area contributed by atoms with Crippen LogP contribution in [0.1, 0.15) is 11.7 Å². The van der Waals surface area contributed by atoms with Crippen LogP contribution >= 0.6 is 11.8 Å². The largest absolute Gasteiger partial charge is 0.460 e. The van der Waals surface area contributed by atoms with Gasteiger partial charge < -0.3 is 10.2 Å². The van der Waals surface area contributed by atoms with Gasteiger partial charge in [-0.05, 0) is 24.3 Å². The molecule has 1 atom stereocenters. The van der Waals surface area contributed by atoms with E-state index in [1.807, 2.05) is 66.7 Å². The molecule has 138 valence electrons. The number of fused-ring (bicyclic) bond motifs is 3. The first-order valence-corrected chi connectivity index (χ1v) is 9.80. The molecule has 6 heteroatoms. The molecule has 1 aromatic heterocycles. The van der Waals surface area contributed by atoms with E-state index in [0.717, 1.165) is 21.2 Å². The van der Waals surface area contributed by atoms with E-state index in [2.05, 4.69) is 12.1 Å². The van der Waals surface area contributed by atoms with Crippen LogP contribution in [0.4, 0.5) is 5.69 Å². The van der Waals surface area contributed by atoms with Crippen LogP contribution in [0.2, 0.25) is 0 Å². The molecule has 2 aliphatic heterocycles. The highest BCUT2D eigenvalue weighted by Crippen LogP contribution is 2.54. The number of hydrogen-bond acceptors (Lipinski definition) is 6. The summed E-state index contributed by atoms with van der Waals surface area (Å²) in [5, 5.41) is 20.6. The number of nitrogens with two attached hydrogens (primary N) is 1. The second-order valence-corrected chi connectivity index (χ2v) is 7.68. The zero-order valence-electron chi connectivity index (χ0n) is 15.2. The van der Waals surface area contributed by atoms with E-state index in [1.165, 1.54) is 11.8 Å². The molecule has 0 bridgehead atoms. The summed E-state index contributed by atoms with van der Waals surface area (Å²) in [7, 11) is 0. The molecule has 0 saturated carbocycles. The Morgan fingerprint density at radius 2 is 1.62 bits per heavy atom. The third kappa shape index (κ3) is 2.55. The zero-order valence-corrected chi connectivity index (χ0v) is 16.0. The number of nitriles is 2. The molecular formula is C23H14N4OS. The van der Waals surface area contributed by atoms with Crippen molar-refractivity contribution in [1.29, 1.82) is 10.5 Å². The lowest BCUT2D eigenvalue weighted by atomic mass is 9.87. The Morgan fingerprint density at radius 1 is 0.897 bits per heavy atom. The van der Waals surface area contributed by atoms with Gasteiger partial charge in [-0.15, -0.1) is 0 Å². The number of benzene rings is 2. The van der Waals surface area contributed by atoms with Crippen molar-refractivity contribution in [2.24, 2.45) is 5.73 Å². The van der Waals surface area contributed by atoms with E-state index in [4.69, 9.17) is 10.2 Å². The molecule has 0 amide bonds. The minimum Gasteiger partial charge on any atom is -0.460 e. The van der Waals surface area contributed by atoms with Gasteiger partial charge in [-0.25, -0.2) is 0 Å². The zero-order chi connectivity index (χ0) is 20.0. The number of nitrogens with zero attached hydrogens (tertiary/aromatic N) is 3. The summed E-state index contributed by atoms with van der Waals surface area (Å²) in [4.78, 5) is 2.80. The van der Waals surface area contributed by atoms with Crippen LogP contribution < -0.4 is 10.6 Å². The molecule has 3 heterocycles. The first kappa shape index (κ1) is 17.2. The monoisotopic (exact) mass is 394 g/mol.